The van der Waals surface area contributed by atoms with E-state index in [0.717, 1.165) is 42.4 Å². The Hall–Kier alpha value is -1.88. The number of carbonyl (C=O) groups excluding carboxylic acids is 1. The number of hydrogen-bond acceptors (Lipinski definition) is 3. The number of nitrogens with one attached hydrogen (secondary N) is 1. The minimum Gasteiger partial charge on any atom is -0.381 e. The Labute approximate surface area is 124 Å². The summed E-state index contributed by atoms with van der Waals surface area (Å²) in [6.07, 6.45) is 5.83. The summed E-state index contributed by atoms with van der Waals surface area (Å²) in [7, 11) is 3.70. The van der Waals surface area contributed by atoms with E-state index in [1.54, 1.807) is 13.4 Å². The lowest BCUT2D eigenvalue weighted by Gasteiger charge is -2.26. The van der Waals surface area contributed by atoms with E-state index < -0.39 is 0 Å². The van der Waals surface area contributed by atoms with Gasteiger partial charge in [0, 0.05) is 25.8 Å². The molecule has 0 unspecified atom stereocenters. The number of carbonyl (C=O) groups is 1. The number of rotatable bonds is 3. The fourth-order valence-electron chi connectivity index (χ4n) is 3.02. The smallest absolute Gasteiger partial charge is 0.227 e. The zero-order valence-electron chi connectivity index (χ0n) is 12.5. The number of methoxy groups -OCH3 is 1. The van der Waals surface area contributed by atoms with Crippen LogP contribution in [0.4, 0.5) is 5.69 Å². The molecule has 1 aliphatic rings. The largest absolute Gasteiger partial charge is 0.381 e. The van der Waals surface area contributed by atoms with E-state index in [2.05, 4.69) is 10.3 Å². The van der Waals surface area contributed by atoms with Gasteiger partial charge >= 0.3 is 0 Å². The van der Waals surface area contributed by atoms with E-state index >= 15 is 0 Å². The highest BCUT2D eigenvalue weighted by molar-refractivity contribution is 5.94. The van der Waals surface area contributed by atoms with Crippen molar-refractivity contribution in [3.63, 3.8) is 0 Å². The van der Waals surface area contributed by atoms with Crippen LogP contribution in [-0.4, -0.2) is 28.7 Å². The predicted octanol–water partition coefficient (Wildman–Crippen LogP) is 2.72. The Bertz CT molecular complexity index is 642. The summed E-state index contributed by atoms with van der Waals surface area (Å²) in [4.78, 5) is 16.6. The SMILES string of the molecule is COC1CCC(C(=O)Nc2ccc3c(c2)ncn3C)CC1. The van der Waals surface area contributed by atoms with Crippen molar-refractivity contribution in [2.45, 2.75) is 31.8 Å². The van der Waals surface area contributed by atoms with Crippen LogP contribution in [0.3, 0.4) is 0 Å². The number of aryl methyl sites for hydroxylation is 1. The van der Waals surface area contributed by atoms with Crippen LogP contribution in [0.5, 0.6) is 0 Å². The molecule has 0 spiro atoms. The van der Waals surface area contributed by atoms with Gasteiger partial charge in [-0.15, -0.1) is 0 Å². The van der Waals surface area contributed by atoms with Crippen LogP contribution in [0.1, 0.15) is 25.7 Å². The van der Waals surface area contributed by atoms with Gasteiger partial charge in [0.25, 0.3) is 0 Å². The van der Waals surface area contributed by atoms with Crippen molar-refractivity contribution in [3.05, 3.63) is 24.5 Å². The summed E-state index contributed by atoms with van der Waals surface area (Å²) in [5, 5.41) is 3.02. The molecule has 0 aliphatic heterocycles. The molecule has 5 heteroatoms. The average Bonchev–Trinajstić information content (AvgIpc) is 2.88. The van der Waals surface area contributed by atoms with Crippen LogP contribution in [-0.2, 0) is 16.6 Å². The maximum atomic E-state index is 12.3. The normalized spacial score (nSPS) is 22.4. The lowest BCUT2D eigenvalue weighted by atomic mass is 9.87. The molecule has 1 heterocycles. The number of imidazole rings is 1. The van der Waals surface area contributed by atoms with Gasteiger partial charge in [0.1, 0.15) is 0 Å². The predicted molar refractivity (Wildman–Crippen MR) is 82.1 cm³/mol. The van der Waals surface area contributed by atoms with Crippen molar-refractivity contribution < 1.29 is 9.53 Å². The quantitative estimate of drug-likeness (QED) is 0.944. The number of benzene rings is 1. The van der Waals surface area contributed by atoms with Crippen LogP contribution in [0.25, 0.3) is 11.0 Å². The van der Waals surface area contributed by atoms with E-state index in [1.807, 2.05) is 29.8 Å². The third kappa shape index (κ3) is 2.93. The zero-order valence-corrected chi connectivity index (χ0v) is 12.5. The minimum absolute atomic E-state index is 0.0934. The van der Waals surface area contributed by atoms with Crippen molar-refractivity contribution in [2.24, 2.45) is 13.0 Å². The van der Waals surface area contributed by atoms with Gasteiger partial charge in [0.15, 0.2) is 0 Å². The molecule has 1 amide bonds. The maximum Gasteiger partial charge on any atom is 0.227 e. The monoisotopic (exact) mass is 287 g/mol. The van der Waals surface area contributed by atoms with Crippen molar-refractivity contribution >= 4 is 22.6 Å². The molecule has 0 bridgehead atoms. The number of nitrogens with zero attached hydrogens (tertiary/aromatic N) is 2. The van der Waals surface area contributed by atoms with Crippen molar-refractivity contribution in [2.75, 3.05) is 12.4 Å². The molecule has 0 atom stereocenters. The first-order valence-electron chi connectivity index (χ1n) is 7.42. The molecule has 1 aliphatic carbocycles. The Morgan fingerprint density at radius 1 is 1.33 bits per heavy atom. The molecule has 0 radical (unpaired) electrons. The van der Waals surface area contributed by atoms with E-state index in [0.29, 0.717) is 6.10 Å². The summed E-state index contributed by atoms with van der Waals surface area (Å²) in [6.45, 7) is 0. The Kier molecular flexibility index (Phi) is 3.92. The molecule has 2 aromatic rings. The lowest BCUT2D eigenvalue weighted by Crippen LogP contribution is -2.29. The molecular formula is C16H21N3O2. The summed E-state index contributed by atoms with van der Waals surface area (Å²) < 4.78 is 7.31. The molecular weight excluding hydrogens is 266 g/mol. The second kappa shape index (κ2) is 5.85. The van der Waals surface area contributed by atoms with E-state index in [4.69, 9.17) is 4.74 Å². The molecule has 0 saturated heterocycles. The Morgan fingerprint density at radius 3 is 2.81 bits per heavy atom. The second-order valence-electron chi connectivity index (χ2n) is 5.76. The van der Waals surface area contributed by atoms with Gasteiger partial charge in [-0.1, -0.05) is 0 Å². The van der Waals surface area contributed by atoms with Gasteiger partial charge < -0.3 is 14.6 Å². The van der Waals surface area contributed by atoms with Gasteiger partial charge in [-0.05, 0) is 43.9 Å². The zero-order chi connectivity index (χ0) is 14.8. The van der Waals surface area contributed by atoms with Crippen molar-refractivity contribution in [3.8, 4) is 0 Å². The van der Waals surface area contributed by atoms with Gasteiger partial charge in [0.05, 0.1) is 23.5 Å². The highest BCUT2D eigenvalue weighted by Gasteiger charge is 2.26. The molecule has 1 N–H and O–H groups in total. The van der Waals surface area contributed by atoms with Crippen LogP contribution in [0, 0.1) is 5.92 Å². The highest BCUT2D eigenvalue weighted by Crippen LogP contribution is 2.27. The minimum atomic E-state index is 0.0934. The molecule has 21 heavy (non-hydrogen) atoms. The van der Waals surface area contributed by atoms with E-state index in [9.17, 15) is 4.79 Å². The molecule has 5 nitrogen and oxygen atoms in total. The van der Waals surface area contributed by atoms with Gasteiger partial charge in [-0.25, -0.2) is 4.98 Å². The van der Waals surface area contributed by atoms with Crippen molar-refractivity contribution in [1.29, 1.82) is 0 Å². The van der Waals surface area contributed by atoms with E-state index in [1.165, 1.54) is 0 Å². The molecule has 1 saturated carbocycles. The highest BCUT2D eigenvalue weighted by atomic mass is 16.5. The summed E-state index contributed by atoms with van der Waals surface area (Å²) >= 11 is 0. The van der Waals surface area contributed by atoms with Gasteiger partial charge in [0.2, 0.25) is 5.91 Å². The fraction of sp³-hybridized carbons (Fsp3) is 0.500. The number of ether oxygens (including phenoxy) is 1. The molecule has 3 rings (SSSR count). The van der Waals surface area contributed by atoms with Gasteiger partial charge in [-0.2, -0.15) is 0 Å². The lowest BCUT2D eigenvalue weighted by molar-refractivity contribution is -0.121. The standard InChI is InChI=1S/C16H21N3O2/c1-19-10-17-14-9-12(5-8-15(14)19)18-16(20)11-3-6-13(21-2)7-4-11/h5,8-11,13H,3-4,6-7H2,1-2H3,(H,18,20). The Morgan fingerprint density at radius 2 is 2.10 bits per heavy atom. The Balaban J connectivity index is 1.66. The summed E-state index contributed by atoms with van der Waals surface area (Å²) in [5.41, 5.74) is 2.78. The molecule has 1 aromatic carbocycles. The van der Waals surface area contributed by atoms with Crippen LogP contribution >= 0.6 is 0 Å². The second-order valence-corrected chi connectivity index (χ2v) is 5.76. The van der Waals surface area contributed by atoms with Crippen LogP contribution < -0.4 is 5.32 Å². The number of fused-ring (bicyclic) bond motifs is 1. The third-order valence-electron chi connectivity index (χ3n) is 4.37. The molecule has 1 aromatic heterocycles. The first-order valence-corrected chi connectivity index (χ1v) is 7.42. The number of amides is 1. The topological polar surface area (TPSA) is 56.1 Å². The first kappa shape index (κ1) is 14.1. The van der Waals surface area contributed by atoms with Gasteiger partial charge in [-0.3, -0.25) is 4.79 Å². The third-order valence-corrected chi connectivity index (χ3v) is 4.37. The summed E-state index contributed by atoms with van der Waals surface area (Å²) in [6, 6.07) is 5.84. The van der Waals surface area contributed by atoms with Crippen LogP contribution in [0.15, 0.2) is 24.5 Å². The first-order chi connectivity index (χ1) is 10.2. The number of aromatic nitrogens is 2. The molecule has 112 valence electrons. The summed E-state index contributed by atoms with van der Waals surface area (Å²) in [5.74, 6) is 0.204. The number of hydrogen-bond donors (Lipinski definition) is 1. The van der Waals surface area contributed by atoms with Crippen molar-refractivity contribution in [1.82, 2.24) is 9.55 Å². The number of anilines is 1. The average molecular weight is 287 g/mol. The molecule has 1 fully saturated rings. The maximum absolute atomic E-state index is 12.3. The fourth-order valence-corrected chi connectivity index (χ4v) is 3.02. The van der Waals surface area contributed by atoms with E-state index in [-0.39, 0.29) is 11.8 Å². The van der Waals surface area contributed by atoms with Crippen LogP contribution in [0.2, 0.25) is 0 Å².